The highest BCUT2D eigenvalue weighted by Crippen LogP contribution is 2.35. The summed E-state index contributed by atoms with van der Waals surface area (Å²) in [6, 6.07) is 16.7. The molecule has 7 nitrogen and oxygen atoms in total. The summed E-state index contributed by atoms with van der Waals surface area (Å²) in [5.74, 6) is -0.716. The maximum atomic E-state index is 12.8. The number of benzene rings is 2. The van der Waals surface area contributed by atoms with Gasteiger partial charge in [-0.25, -0.2) is 4.98 Å². The summed E-state index contributed by atoms with van der Waals surface area (Å²) in [6.07, 6.45) is 0. The average Bonchev–Trinajstić information content (AvgIpc) is 3.09. The first-order valence-electron chi connectivity index (χ1n) is 8.37. The predicted octanol–water partition coefficient (Wildman–Crippen LogP) is 2.84. The highest BCUT2D eigenvalue weighted by atomic mass is 32.1. The summed E-state index contributed by atoms with van der Waals surface area (Å²) in [7, 11) is 0. The number of ketones is 1. The van der Waals surface area contributed by atoms with Crippen molar-refractivity contribution in [3.8, 4) is 6.07 Å². The van der Waals surface area contributed by atoms with Crippen molar-refractivity contribution in [1.82, 2.24) is 4.98 Å². The van der Waals surface area contributed by atoms with Gasteiger partial charge in [-0.1, -0.05) is 41.7 Å². The van der Waals surface area contributed by atoms with Crippen molar-refractivity contribution < 1.29 is 9.59 Å². The lowest BCUT2D eigenvalue weighted by Crippen LogP contribution is -2.39. The number of hydrogen-bond donors (Lipinski definition) is 2. The fraction of sp³-hybridized carbons (Fsp3) is 0.100. The molecule has 0 bridgehead atoms. The van der Waals surface area contributed by atoms with Crippen LogP contribution < -0.4 is 16.4 Å². The minimum atomic E-state index is -0.738. The van der Waals surface area contributed by atoms with Crippen molar-refractivity contribution in [2.75, 3.05) is 10.6 Å². The van der Waals surface area contributed by atoms with E-state index < -0.39 is 11.9 Å². The molecular formula is C20H17N5O2S. The molecule has 140 valence electrons. The highest BCUT2D eigenvalue weighted by Gasteiger charge is 2.27. The molecule has 28 heavy (non-hydrogen) atoms. The largest absolute Gasteiger partial charge is 0.382 e. The fourth-order valence-electron chi connectivity index (χ4n) is 2.63. The lowest BCUT2D eigenvalue weighted by Gasteiger charge is -2.26. The third kappa shape index (κ3) is 3.70. The summed E-state index contributed by atoms with van der Waals surface area (Å²) in [5, 5.41) is 9.36. The van der Waals surface area contributed by atoms with Crippen LogP contribution in [0.15, 0.2) is 54.6 Å². The lowest BCUT2D eigenvalue weighted by atomic mass is 10.1. The van der Waals surface area contributed by atoms with E-state index in [2.05, 4.69) is 4.98 Å². The molecule has 8 heteroatoms. The Morgan fingerprint density at radius 2 is 1.79 bits per heavy atom. The molecule has 0 spiro atoms. The molecule has 0 aliphatic heterocycles. The van der Waals surface area contributed by atoms with Crippen LogP contribution in [0.4, 0.5) is 16.6 Å². The quantitative estimate of drug-likeness (QED) is 0.622. The van der Waals surface area contributed by atoms with Crippen molar-refractivity contribution in [2.45, 2.75) is 13.0 Å². The normalized spacial score (nSPS) is 11.4. The van der Waals surface area contributed by atoms with Crippen LogP contribution in [0.25, 0.3) is 0 Å². The van der Waals surface area contributed by atoms with Crippen molar-refractivity contribution >= 4 is 39.7 Å². The van der Waals surface area contributed by atoms with Crippen molar-refractivity contribution in [2.24, 2.45) is 5.73 Å². The lowest BCUT2D eigenvalue weighted by molar-refractivity contribution is -0.118. The SMILES string of the molecule is CC(C(N)=O)N(c1ccc(C#N)cc1)c1nc(N)c(C(=O)c2ccccc2)s1. The van der Waals surface area contributed by atoms with E-state index in [0.717, 1.165) is 11.3 Å². The molecule has 4 N–H and O–H groups in total. The van der Waals surface area contributed by atoms with Gasteiger partial charge >= 0.3 is 0 Å². The Labute approximate surface area is 165 Å². The van der Waals surface area contributed by atoms with Crippen molar-refractivity contribution in [3.05, 3.63) is 70.6 Å². The van der Waals surface area contributed by atoms with Crippen LogP contribution in [-0.4, -0.2) is 22.7 Å². The number of carbonyl (C=O) groups is 2. The van der Waals surface area contributed by atoms with Gasteiger partial charge in [-0.05, 0) is 31.2 Å². The zero-order valence-electron chi connectivity index (χ0n) is 15.0. The number of anilines is 3. The van der Waals surface area contributed by atoms with Gasteiger partial charge in [0.05, 0.1) is 11.6 Å². The average molecular weight is 391 g/mol. The fourth-order valence-corrected chi connectivity index (χ4v) is 3.68. The molecule has 1 atom stereocenters. The Hall–Kier alpha value is -3.70. The second-order valence-electron chi connectivity index (χ2n) is 6.01. The van der Waals surface area contributed by atoms with E-state index in [1.165, 1.54) is 0 Å². The number of thiazole rings is 1. The molecule has 0 aliphatic carbocycles. The first-order valence-corrected chi connectivity index (χ1v) is 9.18. The van der Waals surface area contributed by atoms with Gasteiger partial charge in [0.1, 0.15) is 16.7 Å². The van der Waals surface area contributed by atoms with Crippen LogP contribution in [0.5, 0.6) is 0 Å². The van der Waals surface area contributed by atoms with Crippen LogP contribution >= 0.6 is 11.3 Å². The van der Waals surface area contributed by atoms with E-state index in [9.17, 15) is 9.59 Å². The standard InChI is InChI=1S/C20H17N5O2S/c1-12(19(23)27)25(15-9-7-13(11-21)8-10-15)20-24-18(22)17(28-20)16(26)14-5-3-2-4-6-14/h2-10,12H,22H2,1H3,(H2,23,27). The molecule has 1 heterocycles. The molecule has 2 aromatic carbocycles. The Balaban J connectivity index is 2.05. The Morgan fingerprint density at radius 1 is 1.14 bits per heavy atom. The Kier molecular flexibility index (Phi) is 5.38. The minimum absolute atomic E-state index is 0.0872. The van der Waals surface area contributed by atoms with Gasteiger partial charge in [-0.2, -0.15) is 5.26 Å². The zero-order chi connectivity index (χ0) is 20.3. The molecule has 0 saturated heterocycles. The zero-order valence-corrected chi connectivity index (χ0v) is 15.8. The smallest absolute Gasteiger partial charge is 0.240 e. The maximum absolute atomic E-state index is 12.8. The maximum Gasteiger partial charge on any atom is 0.240 e. The molecule has 1 amide bonds. The van der Waals surface area contributed by atoms with E-state index in [0.29, 0.717) is 21.9 Å². The first kappa shape index (κ1) is 19.1. The summed E-state index contributed by atoms with van der Waals surface area (Å²) in [5.41, 5.74) is 13.1. The van der Waals surface area contributed by atoms with Gasteiger partial charge in [0, 0.05) is 11.3 Å². The molecule has 0 aliphatic rings. The van der Waals surface area contributed by atoms with Gasteiger partial charge in [-0.15, -0.1) is 0 Å². The van der Waals surface area contributed by atoms with Crippen molar-refractivity contribution in [1.29, 1.82) is 5.26 Å². The van der Waals surface area contributed by atoms with E-state index in [4.69, 9.17) is 16.7 Å². The number of aromatic nitrogens is 1. The van der Waals surface area contributed by atoms with Gasteiger partial charge < -0.3 is 16.4 Å². The summed E-state index contributed by atoms with van der Waals surface area (Å²) in [4.78, 5) is 30.8. The van der Waals surface area contributed by atoms with E-state index in [1.54, 1.807) is 60.4 Å². The molecule has 0 fully saturated rings. The number of rotatable bonds is 6. The molecule has 0 radical (unpaired) electrons. The molecule has 3 rings (SSSR count). The van der Waals surface area contributed by atoms with Gasteiger partial charge in [0.15, 0.2) is 5.13 Å². The third-order valence-electron chi connectivity index (χ3n) is 4.16. The second kappa shape index (κ2) is 7.90. The Bertz CT molecular complexity index is 1050. The van der Waals surface area contributed by atoms with Crippen LogP contribution in [0.2, 0.25) is 0 Å². The molecule has 0 saturated carbocycles. The number of nitrogen functional groups attached to an aromatic ring is 1. The topological polar surface area (TPSA) is 126 Å². The number of amides is 1. The molecule has 1 aromatic heterocycles. The molecule has 1 unspecified atom stereocenters. The van der Waals surface area contributed by atoms with E-state index >= 15 is 0 Å². The van der Waals surface area contributed by atoms with Crippen LogP contribution in [-0.2, 0) is 4.79 Å². The van der Waals surface area contributed by atoms with E-state index in [-0.39, 0.29) is 16.5 Å². The van der Waals surface area contributed by atoms with Gasteiger partial charge in [0.25, 0.3) is 0 Å². The minimum Gasteiger partial charge on any atom is -0.382 e. The predicted molar refractivity (Wildman–Crippen MR) is 108 cm³/mol. The number of carbonyl (C=O) groups excluding carboxylic acids is 2. The highest BCUT2D eigenvalue weighted by molar-refractivity contribution is 7.18. The third-order valence-corrected chi connectivity index (χ3v) is 5.23. The number of primary amides is 1. The number of nitriles is 1. The Morgan fingerprint density at radius 3 is 2.36 bits per heavy atom. The van der Waals surface area contributed by atoms with Crippen LogP contribution in [0, 0.1) is 11.3 Å². The monoisotopic (exact) mass is 391 g/mol. The van der Waals surface area contributed by atoms with Crippen molar-refractivity contribution in [3.63, 3.8) is 0 Å². The summed E-state index contributed by atoms with van der Waals surface area (Å²) < 4.78 is 0. The number of hydrogen-bond acceptors (Lipinski definition) is 7. The van der Waals surface area contributed by atoms with Gasteiger partial charge in [-0.3, -0.25) is 9.59 Å². The summed E-state index contributed by atoms with van der Waals surface area (Å²) in [6.45, 7) is 1.64. The van der Waals surface area contributed by atoms with Gasteiger partial charge in [0.2, 0.25) is 11.7 Å². The molecule has 3 aromatic rings. The number of nitrogens with zero attached hydrogens (tertiary/aromatic N) is 3. The van der Waals surface area contributed by atoms with Crippen LogP contribution in [0.3, 0.4) is 0 Å². The molecular weight excluding hydrogens is 374 g/mol. The van der Waals surface area contributed by atoms with Crippen LogP contribution in [0.1, 0.15) is 27.7 Å². The van der Waals surface area contributed by atoms with E-state index in [1.807, 2.05) is 12.1 Å². The number of nitrogens with two attached hydrogens (primary N) is 2. The second-order valence-corrected chi connectivity index (χ2v) is 6.99. The first-order chi connectivity index (χ1) is 13.4. The summed E-state index contributed by atoms with van der Waals surface area (Å²) >= 11 is 1.09.